The Kier molecular flexibility index (Phi) is 5.77. The van der Waals surface area contributed by atoms with Crippen molar-refractivity contribution in [2.45, 2.75) is 32.0 Å². The minimum absolute atomic E-state index is 0.00787. The summed E-state index contributed by atoms with van der Waals surface area (Å²) in [6.07, 6.45) is 2.06. The van der Waals surface area contributed by atoms with Gasteiger partial charge in [0, 0.05) is 16.8 Å². The number of aromatic nitrogens is 1. The normalized spacial score (nSPS) is 13.2. The van der Waals surface area contributed by atoms with Crippen LogP contribution in [-0.4, -0.2) is 28.9 Å². The highest BCUT2D eigenvalue weighted by Gasteiger charge is 2.34. The molecule has 32 heavy (non-hydrogen) atoms. The summed E-state index contributed by atoms with van der Waals surface area (Å²) < 4.78 is 11.5. The first-order valence-electron chi connectivity index (χ1n) is 10.7. The number of methoxy groups -OCH3 is 1. The third kappa shape index (κ3) is 4.32. The molecule has 5 nitrogen and oxygen atoms in total. The fourth-order valence-electron chi connectivity index (χ4n) is 3.85. The zero-order chi connectivity index (χ0) is 21.9. The van der Waals surface area contributed by atoms with E-state index < -0.39 is 0 Å². The molecule has 1 aromatic heterocycles. The summed E-state index contributed by atoms with van der Waals surface area (Å²) in [7, 11) is 1.59. The minimum Gasteiger partial charge on any atom is -0.496 e. The summed E-state index contributed by atoms with van der Waals surface area (Å²) in [5, 5.41) is 5.16. The van der Waals surface area contributed by atoms with Crippen LogP contribution in [0.1, 0.15) is 33.9 Å². The fraction of sp³-hybridized carbons (Fsp3) is 0.231. The van der Waals surface area contributed by atoms with E-state index in [0.717, 1.165) is 40.1 Å². The molecule has 1 fully saturated rings. The van der Waals surface area contributed by atoms with Crippen LogP contribution in [-0.2, 0) is 13.2 Å². The fourth-order valence-corrected chi connectivity index (χ4v) is 4.55. The van der Waals surface area contributed by atoms with Gasteiger partial charge < -0.3 is 14.4 Å². The van der Waals surface area contributed by atoms with Crippen LogP contribution in [0.5, 0.6) is 11.5 Å². The molecule has 0 bridgehead atoms. The number of rotatable bonds is 8. The monoisotopic (exact) mass is 444 g/mol. The molecule has 0 radical (unpaired) electrons. The van der Waals surface area contributed by atoms with E-state index in [9.17, 15) is 4.79 Å². The summed E-state index contributed by atoms with van der Waals surface area (Å²) in [6, 6.07) is 21.9. The number of carbonyl (C=O) groups excluding carboxylic acids is 1. The van der Waals surface area contributed by atoms with Crippen LogP contribution in [0.25, 0.3) is 10.8 Å². The van der Waals surface area contributed by atoms with E-state index in [1.165, 1.54) is 0 Å². The third-order valence-electron chi connectivity index (χ3n) is 5.62. The highest BCUT2D eigenvalue weighted by molar-refractivity contribution is 7.09. The number of fused-ring (bicyclic) bond motifs is 1. The first-order valence-corrected chi connectivity index (χ1v) is 11.6. The van der Waals surface area contributed by atoms with Crippen molar-refractivity contribution in [1.82, 2.24) is 9.88 Å². The molecule has 1 heterocycles. The predicted octanol–water partition coefficient (Wildman–Crippen LogP) is 5.69. The molecule has 0 saturated heterocycles. The average Bonchev–Trinajstić information content (AvgIpc) is 3.59. The molecule has 0 unspecified atom stereocenters. The van der Waals surface area contributed by atoms with Gasteiger partial charge in [0.05, 0.1) is 24.9 Å². The molecule has 1 aliphatic carbocycles. The lowest BCUT2D eigenvalue weighted by atomic mass is 10.1. The molecule has 0 atom stereocenters. The number of thiazole rings is 1. The standard InChI is InChI=1S/C26H24N2O3S/c1-30-23-11-5-4-10-22(23)26(29)28(20-13-14-20)15-19-17-32-25(27-19)16-31-24-12-6-8-18-7-2-3-9-21(18)24/h2-12,17,20H,13-16H2,1H3. The molecule has 3 aromatic carbocycles. The maximum Gasteiger partial charge on any atom is 0.258 e. The molecular weight excluding hydrogens is 420 g/mol. The summed E-state index contributed by atoms with van der Waals surface area (Å²) in [4.78, 5) is 19.9. The Balaban J connectivity index is 1.29. The van der Waals surface area contributed by atoms with E-state index in [1.54, 1.807) is 18.4 Å². The predicted molar refractivity (Wildman–Crippen MR) is 126 cm³/mol. The van der Waals surface area contributed by atoms with Gasteiger partial charge >= 0.3 is 0 Å². The van der Waals surface area contributed by atoms with E-state index in [-0.39, 0.29) is 11.9 Å². The molecule has 5 rings (SSSR count). The number of ether oxygens (including phenoxy) is 2. The van der Waals surface area contributed by atoms with Crippen molar-refractivity contribution in [3.63, 3.8) is 0 Å². The lowest BCUT2D eigenvalue weighted by Crippen LogP contribution is -2.33. The van der Waals surface area contributed by atoms with Crippen LogP contribution < -0.4 is 9.47 Å². The van der Waals surface area contributed by atoms with Crippen LogP contribution in [0.3, 0.4) is 0 Å². The van der Waals surface area contributed by atoms with Gasteiger partial charge in [-0.1, -0.05) is 48.5 Å². The van der Waals surface area contributed by atoms with Crippen molar-refractivity contribution in [2.75, 3.05) is 7.11 Å². The molecule has 162 valence electrons. The number of benzene rings is 3. The Hall–Kier alpha value is -3.38. The van der Waals surface area contributed by atoms with Crippen molar-refractivity contribution in [2.24, 2.45) is 0 Å². The van der Waals surface area contributed by atoms with E-state index in [2.05, 4.69) is 18.2 Å². The van der Waals surface area contributed by atoms with Gasteiger partial charge in [0.1, 0.15) is 23.1 Å². The molecule has 0 spiro atoms. The van der Waals surface area contributed by atoms with Gasteiger partial charge in [-0.2, -0.15) is 0 Å². The van der Waals surface area contributed by atoms with Crippen LogP contribution >= 0.6 is 11.3 Å². The summed E-state index contributed by atoms with van der Waals surface area (Å²) in [6.45, 7) is 0.898. The van der Waals surface area contributed by atoms with Crippen molar-refractivity contribution >= 4 is 28.0 Å². The largest absolute Gasteiger partial charge is 0.496 e. The topological polar surface area (TPSA) is 51.7 Å². The van der Waals surface area contributed by atoms with E-state index in [0.29, 0.717) is 24.5 Å². The lowest BCUT2D eigenvalue weighted by molar-refractivity contribution is 0.0724. The van der Waals surface area contributed by atoms with Crippen LogP contribution in [0.15, 0.2) is 72.1 Å². The molecular formula is C26H24N2O3S. The van der Waals surface area contributed by atoms with Crippen molar-refractivity contribution in [1.29, 1.82) is 0 Å². The van der Waals surface area contributed by atoms with Gasteiger partial charge in [0.25, 0.3) is 5.91 Å². The van der Waals surface area contributed by atoms with Gasteiger partial charge in [0.2, 0.25) is 0 Å². The van der Waals surface area contributed by atoms with Crippen molar-refractivity contribution < 1.29 is 14.3 Å². The van der Waals surface area contributed by atoms with E-state index in [4.69, 9.17) is 14.5 Å². The summed E-state index contributed by atoms with van der Waals surface area (Å²) in [5.74, 6) is 1.45. The molecule has 4 aromatic rings. The number of hydrogen-bond acceptors (Lipinski definition) is 5. The molecule has 0 aliphatic heterocycles. The number of amides is 1. The van der Waals surface area contributed by atoms with E-state index in [1.807, 2.05) is 58.8 Å². The molecule has 1 aliphatic rings. The maximum absolute atomic E-state index is 13.2. The average molecular weight is 445 g/mol. The molecule has 6 heteroatoms. The minimum atomic E-state index is -0.00787. The Bertz CT molecular complexity index is 1240. The SMILES string of the molecule is COc1ccccc1C(=O)N(Cc1csc(COc2cccc3ccccc23)n1)C1CC1. The number of para-hydroxylation sites is 1. The number of carbonyl (C=O) groups is 1. The zero-order valence-electron chi connectivity index (χ0n) is 17.9. The van der Waals surface area contributed by atoms with Gasteiger partial charge in [-0.05, 0) is 36.4 Å². The van der Waals surface area contributed by atoms with Crippen molar-refractivity contribution in [3.8, 4) is 11.5 Å². The van der Waals surface area contributed by atoms with Gasteiger partial charge in [-0.25, -0.2) is 4.98 Å². The Morgan fingerprint density at radius 2 is 1.78 bits per heavy atom. The zero-order valence-corrected chi connectivity index (χ0v) is 18.7. The Morgan fingerprint density at radius 3 is 2.62 bits per heavy atom. The van der Waals surface area contributed by atoms with Crippen LogP contribution in [0, 0.1) is 0 Å². The number of hydrogen-bond donors (Lipinski definition) is 0. The Labute approximate surface area is 191 Å². The first-order chi connectivity index (χ1) is 15.7. The lowest BCUT2D eigenvalue weighted by Gasteiger charge is -2.22. The summed E-state index contributed by atoms with van der Waals surface area (Å²) in [5.41, 5.74) is 1.48. The van der Waals surface area contributed by atoms with Crippen LogP contribution in [0.2, 0.25) is 0 Å². The van der Waals surface area contributed by atoms with E-state index >= 15 is 0 Å². The Morgan fingerprint density at radius 1 is 1.03 bits per heavy atom. The quantitative estimate of drug-likeness (QED) is 0.350. The molecule has 1 amide bonds. The maximum atomic E-state index is 13.2. The molecule has 0 N–H and O–H groups in total. The highest BCUT2D eigenvalue weighted by Crippen LogP contribution is 2.32. The third-order valence-corrected chi connectivity index (χ3v) is 6.49. The van der Waals surface area contributed by atoms with Gasteiger partial charge in [0.15, 0.2) is 0 Å². The second kappa shape index (κ2) is 9.01. The second-order valence-corrected chi connectivity index (χ2v) is 8.81. The van der Waals surface area contributed by atoms with Gasteiger partial charge in [-0.15, -0.1) is 11.3 Å². The highest BCUT2D eigenvalue weighted by atomic mass is 32.1. The second-order valence-electron chi connectivity index (χ2n) is 7.86. The summed E-state index contributed by atoms with van der Waals surface area (Å²) >= 11 is 1.56. The first kappa shape index (κ1) is 20.5. The molecule has 1 saturated carbocycles. The van der Waals surface area contributed by atoms with Crippen LogP contribution in [0.4, 0.5) is 0 Å². The number of nitrogens with zero attached hydrogens (tertiary/aromatic N) is 2. The van der Waals surface area contributed by atoms with Crippen molar-refractivity contribution in [3.05, 3.63) is 88.4 Å². The van der Waals surface area contributed by atoms with Gasteiger partial charge in [-0.3, -0.25) is 4.79 Å². The smallest absolute Gasteiger partial charge is 0.258 e.